The van der Waals surface area contributed by atoms with Crippen LogP contribution >= 0.6 is 22.9 Å². The van der Waals surface area contributed by atoms with Crippen LogP contribution in [0, 0.1) is 12.7 Å². The van der Waals surface area contributed by atoms with Crippen LogP contribution in [-0.4, -0.2) is 53.3 Å². The number of carbonyl (C=O) groups is 1. The van der Waals surface area contributed by atoms with Gasteiger partial charge in [-0.2, -0.15) is 4.37 Å². The van der Waals surface area contributed by atoms with Crippen molar-refractivity contribution >= 4 is 33.8 Å². The van der Waals surface area contributed by atoms with Gasteiger partial charge in [-0.3, -0.25) is 9.69 Å². The fourth-order valence-electron chi connectivity index (χ4n) is 3.55. The van der Waals surface area contributed by atoms with Gasteiger partial charge in [-0.1, -0.05) is 18.2 Å². The van der Waals surface area contributed by atoms with Crippen molar-refractivity contribution in [1.29, 1.82) is 0 Å². The summed E-state index contributed by atoms with van der Waals surface area (Å²) in [6.07, 6.45) is 0. The molecule has 152 valence electrons. The van der Waals surface area contributed by atoms with Crippen molar-refractivity contribution in [3.05, 3.63) is 58.3 Å². The van der Waals surface area contributed by atoms with Crippen LogP contribution in [0.5, 0.6) is 0 Å². The number of anilines is 1. The van der Waals surface area contributed by atoms with Crippen LogP contribution in [0.1, 0.15) is 20.9 Å². The predicted octanol–water partition coefficient (Wildman–Crippen LogP) is 4.32. The highest BCUT2D eigenvalue weighted by Gasteiger charge is 2.26. The first kappa shape index (κ1) is 20.0. The van der Waals surface area contributed by atoms with E-state index >= 15 is 0 Å². The lowest BCUT2D eigenvalue weighted by molar-refractivity contribution is 0.0630. The highest BCUT2D eigenvalue weighted by Crippen LogP contribution is 2.31. The van der Waals surface area contributed by atoms with E-state index in [1.54, 1.807) is 17.4 Å². The lowest BCUT2D eigenvalue weighted by atomic mass is 10.2. The second kappa shape index (κ2) is 8.61. The molecule has 29 heavy (non-hydrogen) atoms. The number of nitrogens with one attached hydrogen (secondary N) is 1. The normalized spacial score (nSPS) is 14.9. The van der Waals surface area contributed by atoms with Crippen LogP contribution in [0.2, 0.25) is 0 Å². The Morgan fingerprint density at radius 3 is 2.66 bits per heavy atom. The zero-order valence-corrected chi connectivity index (χ0v) is 18.1. The van der Waals surface area contributed by atoms with E-state index in [1.165, 1.54) is 22.5 Å². The summed E-state index contributed by atoms with van der Waals surface area (Å²) in [7, 11) is 1.82. The first-order valence-electron chi connectivity index (χ1n) is 9.56. The molecule has 0 unspecified atom stereocenters. The van der Waals surface area contributed by atoms with Crippen LogP contribution in [0.3, 0.4) is 0 Å². The predicted molar refractivity (Wildman–Crippen MR) is 117 cm³/mol. The van der Waals surface area contributed by atoms with Crippen molar-refractivity contribution in [2.75, 3.05) is 38.5 Å². The summed E-state index contributed by atoms with van der Waals surface area (Å²) in [5.41, 5.74) is 2.13. The Bertz CT molecular complexity index is 1010. The first-order valence-corrected chi connectivity index (χ1v) is 11.1. The number of rotatable bonds is 5. The summed E-state index contributed by atoms with van der Waals surface area (Å²) in [6.45, 7) is 5.74. The Morgan fingerprint density at radius 2 is 1.93 bits per heavy atom. The highest BCUT2D eigenvalue weighted by molar-refractivity contribution is 7.15. The molecule has 0 bridgehead atoms. The molecule has 0 spiro atoms. The van der Waals surface area contributed by atoms with Gasteiger partial charge < -0.3 is 10.2 Å². The van der Waals surface area contributed by atoms with E-state index in [-0.39, 0.29) is 11.7 Å². The Labute approximate surface area is 177 Å². The number of aryl methyl sites for hydroxylation is 1. The molecule has 1 amide bonds. The van der Waals surface area contributed by atoms with E-state index in [9.17, 15) is 9.18 Å². The fourth-order valence-corrected chi connectivity index (χ4v) is 5.36. The van der Waals surface area contributed by atoms with Crippen molar-refractivity contribution in [3.8, 4) is 10.4 Å². The minimum Gasteiger partial charge on any atom is -0.378 e. The average molecular weight is 431 g/mol. The number of amides is 1. The molecule has 3 heterocycles. The molecule has 0 radical (unpaired) electrons. The van der Waals surface area contributed by atoms with Gasteiger partial charge in [0.25, 0.3) is 5.91 Å². The van der Waals surface area contributed by atoms with E-state index in [0.717, 1.165) is 35.2 Å². The van der Waals surface area contributed by atoms with Gasteiger partial charge in [-0.15, -0.1) is 11.3 Å². The number of hydrogen-bond acceptors (Lipinski definition) is 6. The van der Waals surface area contributed by atoms with Crippen molar-refractivity contribution in [2.24, 2.45) is 0 Å². The van der Waals surface area contributed by atoms with Crippen LogP contribution < -0.4 is 5.32 Å². The standard InChI is InChI=1S/C21H23FN4OS2/c1-14-19(20(23-2)29-24-14)21(27)26-11-9-25(10-12-26)13-15-7-8-18(28-15)16-5-3-4-6-17(16)22/h3-8,23H,9-13H2,1-2H3. The maximum atomic E-state index is 14.0. The summed E-state index contributed by atoms with van der Waals surface area (Å²) < 4.78 is 18.3. The Balaban J connectivity index is 1.37. The van der Waals surface area contributed by atoms with E-state index in [0.29, 0.717) is 24.2 Å². The molecule has 0 aliphatic carbocycles. The van der Waals surface area contributed by atoms with Gasteiger partial charge in [0, 0.05) is 55.1 Å². The molecular weight excluding hydrogens is 407 g/mol. The molecule has 1 fully saturated rings. The van der Waals surface area contributed by atoms with Crippen molar-refractivity contribution in [2.45, 2.75) is 13.5 Å². The van der Waals surface area contributed by atoms with Crippen LogP contribution in [0.15, 0.2) is 36.4 Å². The molecule has 1 aliphatic heterocycles. The van der Waals surface area contributed by atoms with Crippen molar-refractivity contribution in [1.82, 2.24) is 14.2 Å². The van der Waals surface area contributed by atoms with Gasteiger partial charge in [-0.25, -0.2) is 4.39 Å². The number of aromatic nitrogens is 1. The SMILES string of the molecule is CNc1snc(C)c1C(=O)N1CCN(Cc2ccc(-c3ccccc3F)s2)CC1. The Morgan fingerprint density at radius 1 is 1.17 bits per heavy atom. The number of halogens is 1. The van der Waals surface area contributed by atoms with Crippen LogP contribution in [-0.2, 0) is 6.54 Å². The molecule has 2 aromatic heterocycles. The van der Waals surface area contributed by atoms with Gasteiger partial charge in [0.05, 0.1) is 11.3 Å². The molecule has 5 nitrogen and oxygen atoms in total. The molecule has 1 aliphatic rings. The maximum Gasteiger partial charge on any atom is 0.258 e. The van der Waals surface area contributed by atoms with Crippen molar-refractivity contribution < 1.29 is 9.18 Å². The Hall–Kier alpha value is -2.29. The molecule has 8 heteroatoms. The van der Waals surface area contributed by atoms with E-state index in [2.05, 4.69) is 20.7 Å². The molecule has 4 rings (SSSR count). The van der Waals surface area contributed by atoms with E-state index in [1.807, 2.05) is 37.1 Å². The second-order valence-electron chi connectivity index (χ2n) is 7.04. The summed E-state index contributed by atoms with van der Waals surface area (Å²) in [5.74, 6) is -0.134. The number of hydrogen-bond donors (Lipinski definition) is 1. The minimum absolute atomic E-state index is 0.0539. The largest absolute Gasteiger partial charge is 0.378 e. The van der Waals surface area contributed by atoms with Crippen LogP contribution in [0.4, 0.5) is 9.39 Å². The van der Waals surface area contributed by atoms with Gasteiger partial charge >= 0.3 is 0 Å². The quantitative estimate of drug-likeness (QED) is 0.655. The van der Waals surface area contributed by atoms with Gasteiger partial charge in [0.1, 0.15) is 10.8 Å². The molecule has 3 aromatic rings. The zero-order valence-electron chi connectivity index (χ0n) is 16.4. The monoisotopic (exact) mass is 430 g/mol. The van der Waals surface area contributed by atoms with Gasteiger partial charge in [-0.05, 0) is 36.7 Å². The maximum absolute atomic E-state index is 14.0. The summed E-state index contributed by atoms with van der Waals surface area (Å²) in [4.78, 5) is 19.3. The molecule has 1 N–H and O–H groups in total. The average Bonchev–Trinajstić information content (AvgIpc) is 3.34. The zero-order chi connectivity index (χ0) is 20.4. The van der Waals surface area contributed by atoms with E-state index in [4.69, 9.17) is 0 Å². The molecular formula is C21H23FN4OS2. The molecule has 0 atom stereocenters. The fraction of sp³-hybridized carbons (Fsp3) is 0.333. The van der Waals surface area contributed by atoms with E-state index < -0.39 is 0 Å². The number of benzene rings is 1. The third-order valence-electron chi connectivity index (χ3n) is 5.14. The van der Waals surface area contributed by atoms with Crippen molar-refractivity contribution in [3.63, 3.8) is 0 Å². The molecule has 1 aromatic carbocycles. The smallest absolute Gasteiger partial charge is 0.258 e. The molecule has 1 saturated heterocycles. The third-order valence-corrected chi connectivity index (χ3v) is 7.20. The first-order chi connectivity index (χ1) is 14.1. The number of piperazine rings is 1. The lowest BCUT2D eigenvalue weighted by Crippen LogP contribution is -2.48. The highest BCUT2D eigenvalue weighted by atomic mass is 32.1. The number of nitrogens with zero attached hydrogens (tertiary/aromatic N) is 3. The Kier molecular flexibility index (Phi) is 5.94. The van der Waals surface area contributed by atoms with Gasteiger partial charge in [0.15, 0.2) is 0 Å². The van der Waals surface area contributed by atoms with Crippen LogP contribution in [0.25, 0.3) is 10.4 Å². The molecule has 0 saturated carbocycles. The minimum atomic E-state index is -0.188. The number of thiophene rings is 1. The second-order valence-corrected chi connectivity index (χ2v) is 8.98. The summed E-state index contributed by atoms with van der Waals surface area (Å²) in [5, 5.41) is 3.90. The number of carbonyl (C=O) groups excluding carboxylic acids is 1. The van der Waals surface area contributed by atoms with Gasteiger partial charge in [0.2, 0.25) is 0 Å². The topological polar surface area (TPSA) is 48.5 Å². The lowest BCUT2D eigenvalue weighted by Gasteiger charge is -2.34. The third kappa shape index (κ3) is 4.19. The summed E-state index contributed by atoms with van der Waals surface area (Å²) >= 11 is 2.96. The summed E-state index contributed by atoms with van der Waals surface area (Å²) in [6, 6.07) is 10.9.